The molecular weight excluding hydrogens is 416 g/mol. The maximum absolute atomic E-state index is 12.2. The molecule has 1 N–H and O–H groups in total. The largest absolute Gasteiger partial charge is 0.377 e. The number of nitrogens with zero attached hydrogens (tertiary/aromatic N) is 1. The molecule has 0 spiro atoms. The van der Waals surface area contributed by atoms with Crippen LogP contribution in [0.3, 0.4) is 0 Å². The lowest BCUT2D eigenvalue weighted by Gasteiger charge is -2.26. The van der Waals surface area contributed by atoms with Crippen LogP contribution in [-0.4, -0.2) is 29.1 Å². The predicted molar refractivity (Wildman–Crippen MR) is 117 cm³/mol. The molecule has 1 aromatic heterocycles. The third kappa shape index (κ3) is 4.37. The van der Waals surface area contributed by atoms with Crippen molar-refractivity contribution < 1.29 is 4.74 Å². The van der Waals surface area contributed by atoms with Gasteiger partial charge in [0.25, 0.3) is 5.56 Å². The summed E-state index contributed by atoms with van der Waals surface area (Å²) in [5.74, 6) is 0. The Balaban J connectivity index is 1.63. The summed E-state index contributed by atoms with van der Waals surface area (Å²) >= 11 is 3.72. The number of halogens is 1. The summed E-state index contributed by atoms with van der Waals surface area (Å²) in [7, 11) is 0. The Kier molecular flexibility index (Phi) is 5.95. The first kappa shape index (κ1) is 19.4. The lowest BCUT2D eigenvalue weighted by Crippen LogP contribution is -2.32. The molecule has 0 aliphatic carbocycles. The van der Waals surface area contributed by atoms with Crippen molar-refractivity contribution in [2.75, 3.05) is 13.2 Å². The number of H-pyrrole nitrogens is 1. The Morgan fingerprint density at radius 3 is 2.68 bits per heavy atom. The summed E-state index contributed by atoms with van der Waals surface area (Å²) in [6.07, 6.45) is 4.38. The van der Waals surface area contributed by atoms with Gasteiger partial charge < -0.3 is 9.72 Å². The van der Waals surface area contributed by atoms with Gasteiger partial charge in [-0.25, -0.2) is 0 Å². The number of benzene rings is 2. The van der Waals surface area contributed by atoms with Crippen LogP contribution in [0, 0.1) is 6.92 Å². The Hall–Kier alpha value is -1.95. The smallest absolute Gasteiger partial charge is 0.255 e. The van der Waals surface area contributed by atoms with Crippen molar-refractivity contribution in [1.29, 1.82) is 0 Å². The summed E-state index contributed by atoms with van der Waals surface area (Å²) in [5.41, 5.74) is 3.60. The van der Waals surface area contributed by atoms with E-state index in [0.717, 1.165) is 59.9 Å². The fourth-order valence-corrected chi connectivity index (χ4v) is 4.54. The second kappa shape index (κ2) is 8.60. The second-order valence-corrected chi connectivity index (χ2v) is 8.44. The standard InChI is InChI=1S/C23H25BrN2O2/c1-16-8-9-17(22(24)11-16)13-26(15-19-5-4-10-28-19)14-18-12-25-23(27)21-7-3-2-6-20(18)21/h2-3,6-9,11-12,19H,4-5,10,13-15H2,1H3,(H,25,27). The summed E-state index contributed by atoms with van der Waals surface area (Å²) < 4.78 is 7.04. The van der Waals surface area contributed by atoms with Crippen LogP contribution in [0.2, 0.25) is 0 Å². The van der Waals surface area contributed by atoms with Crippen molar-refractivity contribution in [3.8, 4) is 0 Å². The zero-order chi connectivity index (χ0) is 19.5. The molecule has 1 fully saturated rings. The molecule has 1 unspecified atom stereocenters. The molecule has 4 rings (SSSR count). The van der Waals surface area contributed by atoms with Crippen molar-refractivity contribution in [2.45, 2.75) is 39.0 Å². The minimum atomic E-state index is -0.0358. The van der Waals surface area contributed by atoms with E-state index >= 15 is 0 Å². The molecule has 2 aromatic carbocycles. The van der Waals surface area contributed by atoms with E-state index in [1.54, 1.807) is 0 Å². The number of rotatable bonds is 6. The summed E-state index contributed by atoms with van der Waals surface area (Å²) in [6, 6.07) is 14.3. The van der Waals surface area contributed by atoms with Gasteiger partial charge in [-0.3, -0.25) is 9.69 Å². The zero-order valence-corrected chi connectivity index (χ0v) is 17.7. The lowest BCUT2D eigenvalue weighted by molar-refractivity contribution is 0.0679. The van der Waals surface area contributed by atoms with E-state index in [9.17, 15) is 4.79 Å². The number of nitrogens with one attached hydrogen (secondary N) is 1. The number of fused-ring (bicyclic) bond motifs is 1. The summed E-state index contributed by atoms with van der Waals surface area (Å²) in [5, 5.41) is 1.76. The van der Waals surface area contributed by atoms with Crippen LogP contribution in [0.15, 0.2) is 57.9 Å². The molecule has 0 saturated carbocycles. The van der Waals surface area contributed by atoms with Crippen LogP contribution in [0.5, 0.6) is 0 Å². The second-order valence-electron chi connectivity index (χ2n) is 7.59. The van der Waals surface area contributed by atoms with Crippen LogP contribution in [0.1, 0.15) is 29.5 Å². The van der Waals surface area contributed by atoms with Crippen molar-refractivity contribution in [3.63, 3.8) is 0 Å². The third-order valence-corrected chi connectivity index (χ3v) is 6.12. The Morgan fingerprint density at radius 1 is 1.14 bits per heavy atom. The van der Waals surface area contributed by atoms with E-state index in [1.807, 2.05) is 30.5 Å². The summed E-state index contributed by atoms with van der Waals surface area (Å²) in [4.78, 5) is 17.5. The zero-order valence-electron chi connectivity index (χ0n) is 16.1. The average Bonchev–Trinajstić information content (AvgIpc) is 3.19. The van der Waals surface area contributed by atoms with Crippen LogP contribution in [0.4, 0.5) is 0 Å². The van der Waals surface area contributed by atoms with Gasteiger partial charge in [-0.15, -0.1) is 0 Å². The monoisotopic (exact) mass is 440 g/mol. The van der Waals surface area contributed by atoms with Crippen LogP contribution in [-0.2, 0) is 17.8 Å². The first-order valence-corrected chi connectivity index (χ1v) is 10.6. The van der Waals surface area contributed by atoms with E-state index in [-0.39, 0.29) is 11.7 Å². The number of pyridine rings is 1. The maximum Gasteiger partial charge on any atom is 0.255 e. The molecule has 146 valence electrons. The molecule has 1 aliphatic heterocycles. The van der Waals surface area contributed by atoms with E-state index in [1.165, 1.54) is 11.1 Å². The van der Waals surface area contributed by atoms with Crippen molar-refractivity contribution in [3.05, 3.63) is 80.2 Å². The molecule has 4 nitrogen and oxygen atoms in total. The normalized spacial score (nSPS) is 16.9. The minimum Gasteiger partial charge on any atom is -0.377 e. The molecule has 1 aliphatic rings. The Morgan fingerprint density at radius 2 is 1.93 bits per heavy atom. The molecule has 1 saturated heterocycles. The first-order chi connectivity index (χ1) is 13.6. The molecule has 0 bridgehead atoms. The van der Waals surface area contributed by atoms with Crippen molar-refractivity contribution >= 4 is 26.7 Å². The molecule has 3 aromatic rings. The number of hydrogen-bond acceptors (Lipinski definition) is 3. The van der Waals surface area contributed by atoms with Crippen LogP contribution in [0.25, 0.3) is 10.8 Å². The van der Waals surface area contributed by atoms with Gasteiger partial charge >= 0.3 is 0 Å². The highest BCUT2D eigenvalue weighted by molar-refractivity contribution is 9.10. The van der Waals surface area contributed by atoms with Gasteiger partial charge in [-0.1, -0.05) is 46.3 Å². The molecular formula is C23H25BrN2O2. The summed E-state index contributed by atoms with van der Waals surface area (Å²) in [6.45, 7) is 5.43. The minimum absolute atomic E-state index is 0.0358. The molecule has 5 heteroatoms. The highest BCUT2D eigenvalue weighted by atomic mass is 79.9. The number of aromatic amines is 1. The number of aromatic nitrogens is 1. The van der Waals surface area contributed by atoms with Crippen molar-refractivity contribution in [1.82, 2.24) is 9.88 Å². The Labute approximate surface area is 173 Å². The molecule has 0 radical (unpaired) electrons. The van der Waals surface area contributed by atoms with Crippen molar-refractivity contribution in [2.24, 2.45) is 0 Å². The quantitative estimate of drug-likeness (QED) is 0.599. The van der Waals surface area contributed by atoms with Crippen LogP contribution >= 0.6 is 15.9 Å². The molecule has 28 heavy (non-hydrogen) atoms. The van der Waals surface area contributed by atoms with E-state index in [2.05, 4.69) is 50.9 Å². The SMILES string of the molecule is Cc1ccc(CN(Cc2c[nH]c(=O)c3ccccc23)CC2CCCO2)c(Br)c1. The number of hydrogen-bond donors (Lipinski definition) is 1. The highest BCUT2D eigenvalue weighted by Crippen LogP contribution is 2.24. The van der Waals surface area contributed by atoms with Crippen LogP contribution < -0.4 is 5.56 Å². The maximum atomic E-state index is 12.2. The van der Waals surface area contributed by atoms with Gasteiger partial charge in [0.15, 0.2) is 0 Å². The average molecular weight is 441 g/mol. The number of aryl methyl sites for hydroxylation is 1. The predicted octanol–water partition coefficient (Wildman–Crippen LogP) is 4.78. The van der Waals surface area contributed by atoms with E-state index < -0.39 is 0 Å². The fraction of sp³-hybridized carbons (Fsp3) is 0.348. The first-order valence-electron chi connectivity index (χ1n) is 9.78. The van der Waals surface area contributed by atoms with E-state index in [4.69, 9.17) is 4.74 Å². The van der Waals surface area contributed by atoms with Gasteiger partial charge in [0, 0.05) is 42.3 Å². The van der Waals surface area contributed by atoms with E-state index in [0.29, 0.717) is 0 Å². The third-order valence-electron chi connectivity index (χ3n) is 5.38. The Bertz CT molecular complexity index is 1020. The van der Waals surface area contributed by atoms with Gasteiger partial charge in [0.05, 0.1) is 6.10 Å². The van der Waals surface area contributed by atoms with Gasteiger partial charge in [0.2, 0.25) is 0 Å². The van der Waals surface area contributed by atoms with Gasteiger partial charge in [-0.2, -0.15) is 0 Å². The highest BCUT2D eigenvalue weighted by Gasteiger charge is 2.21. The fourth-order valence-electron chi connectivity index (χ4n) is 3.92. The molecule has 1 atom stereocenters. The lowest BCUT2D eigenvalue weighted by atomic mass is 10.1. The topological polar surface area (TPSA) is 45.3 Å². The van der Waals surface area contributed by atoms with Gasteiger partial charge in [-0.05, 0) is 54.0 Å². The molecule has 2 heterocycles. The number of ether oxygens (including phenoxy) is 1. The molecule has 0 amide bonds. The van der Waals surface area contributed by atoms with Gasteiger partial charge in [0.1, 0.15) is 0 Å².